The largest absolute Gasteiger partial charge is 0.486 e. The minimum absolute atomic E-state index is 0.172. The Balaban J connectivity index is 1.92. The lowest BCUT2D eigenvalue weighted by Crippen LogP contribution is -2.61. The molecule has 1 aromatic rings. The van der Waals surface area contributed by atoms with E-state index in [0.717, 1.165) is 35.3 Å². The van der Waals surface area contributed by atoms with Gasteiger partial charge < -0.3 is 14.8 Å². The second kappa shape index (κ2) is 7.45. The van der Waals surface area contributed by atoms with E-state index >= 15 is 0 Å². The van der Waals surface area contributed by atoms with E-state index in [2.05, 4.69) is 40.9 Å². The summed E-state index contributed by atoms with van der Waals surface area (Å²) in [6.45, 7) is 6.00. The van der Waals surface area contributed by atoms with Crippen LogP contribution in [0.1, 0.15) is 26.7 Å². The quantitative estimate of drug-likeness (QED) is 0.743. The van der Waals surface area contributed by atoms with Crippen molar-refractivity contribution in [3.8, 4) is 5.75 Å². The van der Waals surface area contributed by atoms with Crippen molar-refractivity contribution in [3.05, 3.63) is 27.8 Å². The van der Waals surface area contributed by atoms with Crippen molar-refractivity contribution < 1.29 is 9.47 Å². The van der Waals surface area contributed by atoms with E-state index in [9.17, 15) is 0 Å². The molecule has 106 valence electrons. The highest BCUT2D eigenvalue weighted by Gasteiger charge is 2.43. The predicted octanol–water partition coefficient (Wildman–Crippen LogP) is 3.22. The summed E-state index contributed by atoms with van der Waals surface area (Å²) in [4.78, 5) is 0. The summed E-state index contributed by atoms with van der Waals surface area (Å²) in [6.07, 6.45) is 2.52. The first-order valence-electron chi connectivity index (χ1n) is 7.02. The van der Waals surface area contributed by atoms with E-state index in [1.807, 2.05) is 25.1 Å². The number of para-hydroxylation sites is 1. The van der Waals surface area contributed by atoms with Crippen molar-refractivity contribution >= 4 is 22.6 Å². The van der Waals surface area contributed by atoms with E-state index in [4.69, 9.17) is 9.47 Å². The fourth-order valence-corrected chi connectivity index (χ4v) is 2.86. The normalized spacial score (nSPS) is 25.9. The number of hydrogen-bond donors (Lipinski definition) is 1. The van der Waals surface area contributed by atoms with Crippen molar-refractivity contribution in [2.45, 2.75) is 44.9 Å². The Kier molecular flexibility index (Phi) is 5.91. The van der Waals surface area contributed by atoms with E-state index in [-0.39, 0.29) is 12.2 Å². The second-order valence-electron chi connectivity index (χ2n) is 4.80. The molecule has 3 atom stereocenters. The molecule has 1 fully saturated rings. The highest BCUT2D eigenvalue weighted by atomic mass is 127. The van der Waals surface area contributed by atoms with Crippen LogP contribution in [0, 0.1) is 3.57 Å². The maximum absolute atomic E-state index is 6.08. The van der Waals surface area contributed by atoms with Gasteiger partial charge in [-0.3, -0.25) is 0 Å². The average molecular weight is 375 g/mol. The fraction of sp³-hybridized carbons (Fsp3) is 0.600. The molecule has 1 N–H and O–H groups in total. The smallest absolute Gasteiger partial charge is 0.133 e. The van der Waals surface area contributed by atoms with Crippen molar-refractivity contribution in [2.75, 3.05) is 13.2 Å². The Morgan fingerprint density at radius 3 is 2.79 bits per heavy atom. The van der Waals surface area contributed by atoms with Gasteiger partial charge in [-0.25, -0.2) is 0 Å². The third-order valence-corrected chi connectivity index (χ3v) is 4.27. The SMILES string of the molecule is CCCNC1CC(Oc2ccccc2I)C1OCC. The Morgan fingerprint density at radius 2 is 2.11 bits per heavy atom. The summed E-state index contributed by atoms with van der Waals surface area (Å²) in [7, 11) is 0. The third-order valence-electron chi connectivity index (χ3n) is 3.38. The molecule has 0 aromatic heterocycles. The molecular weight excluding hydrogens is 353 g/mol. The van der Waals surface area contributed by atoms with E-state index in [1.165, 1.54) is 0 Å². The van der Waals surface area contributed by atoms with Gasteiger partial charge in [-0.1, -0.05) is 19.1 Å². The van der Waals surface area contributed by atoms with Crippen LogP contribution in [0.2, 0.25) is 0 Å². The molecule has 0 radical (unpaired) electrons. The standard InChI is InChI=1S/C15H22INO2/c1-3-9-17-12-10-14(15(12)18-4-2)19-13-8-6-5-7-11(13)16/h5-8,12,14-15,17H,3-4,9-10H2,1-2H3. The van der Waals surface area contributed by atoms with Gasteiger partial charge in [0.25, 0.3) is 0 Å². The second-order valence-corrected chi connectivity index (χ2v) is 5.97. The molecule has 0 aliphatic heterocycles. The van der Waals surface area contributed by atoms with Gasteiger partial charge in [0, 0.05) is 19.1 Å². The number of ether oxygens (including phenoxy) is 2. The van der Waals surface area contributed by atoms with Crippen LogP contribution in [0.15, 0.2) is 24.3 Å². The fourth-order valence-electron chi connectivity index (χ4n) is 2.35. The van der Waals surface area contributed by atoms with Gasteiger partial charge in [0.15, 0.2) is 0 Å². The monoisotopic (exact) mass is 375 g/mol. The van der Waals surface area contributed by atoms with Crippen LogP contribution in [0.25, 0.3) is 0 Å². The van der Waals surface area contributed by atoms with Crippen LogP contribution < -0.4 is 10.1 Å². The van der Waals surface area contributed by atoms with Crippen molar-refractivity contribution in [3.63, 3.8) is 0 Å². The van der Waals surface area contributed by atoms with Crippen molar-refractivity contribution in [2.24, 2.45) is 0 Å². The van der Waals surface area contributed by atoms with Crippen LogP contribution in [0.5, 0.6) is 5.75 Å². The Morgan fingerprint density at radius 1 is 1.32 bits per heavy atom. The molecule has 0 amide bonds. The van der Waals surface area contributed by atoms with Gasteiger partial charge in [-0.05, 0) is 54.6 Å². The number of hydrogen-bond acceptors (Lipinski definition) is 3. The van der Waals surface area contributed by atoms with Crippen molar-refractivity contribution in [1.82, 2.24) is 5.32 Å². The first-order chi connectivity index (χ1) is 9.26. The zero-order valence-corrected chi connectivity index (χ0v) is 13.7. The molecular formula is C15H22INO2. The van der Waals surface area contributed by atoms with Gasteiger partial charge >= 0.3 is 0 Å². The maximum Gasteiger partial charge on any atom is 0.133 e. The number of rotatable bonds is 7. The van der Waals surface area contributed by atoms with Gasteiger partial charge in [0.1, 0.15) is 18.0 Å². The summed E-state index contributed by atoms with van der Waals surface area (Å²) >= 11 is 2.31. The molecule has 1 saturated carbocycles. The zero-order chi connectivity index (χ0) is 13.7. The summed E-state index contributed by atoms with van der Waals surface area (Å²) in [5, 5.41) is 3.53. The molecule has 0 spiro atoms. The molecule has 3 nitrogen and oxygen atoms in total. The number of nitrogens with one attached hydrogen (secondary N) is 1. The lowest BCUT2D eigenvalue weighted by molar-refractivity contribution is -0.104. The van der Waals surface area contributed by atoms with Crippen LogP contribution in [-0.4, -0.2) is 31.4 Å². The zero-order valence-electron chi connectivity index (χ0n) is 11.6. The lowest BCUT2D eigenvalue weighted by Gasteiger charge is -2.44. The summed E-state index contributed by atoms with van der Waals surface area (Å²) in [5.74, 6) is 0.965. The molecule has 19 heavy (non-hydrogen) atoms. The molecule has 2 rings (SSSR count). The topological polar surface area (TPSA) is 30.5 Å². The minimum Gasteiger partial charge on any atom is -0.486 e. The van der Waals surface area contributed by atoms with E-state index < -0.39 is 0 Å². The van der Waals surface area contributed by atoms with Gasteiger partial charge in [0.2, 0.25) is 0 Å². The van der Waals surface area contributed by atoms with Gasteiger partial charge in [-0.2, -0.15) is 0 Å². The predicted molar refractivity (Wildman–Crippen MR) is 85.7 cm³/mol. The summed E-state index contributed by atoms with van der Waals surface area (Å²) in [6, 6.07) is 8.57. The minimum atomic E-state index is 0.172. The van der Waals surface area contributed by atoms with Crippen LogP contribution in [0.3, 0.4) is 0 Å². The highest BCUT2D eigenvalue weighted by molar-refractivity contribution is 14.1. The number of benzene rings is 1. The Labute approximate surface area is 129 Å². The number of halogens is 1. The molecule has 1 aromatic carbocycles. The Bertz CT molecular complexity index is 399. The molecule has 1 aliphatic carbocycles. The summed E-state index contributed by atoms with van der Waals surface area (Å²) in [5.41, 5.74) is 0. The van der Waals surface area contributed by atoms with Gasteiger partial charge in [0.05, 0.1) is 3.57 Å². The Hall–Kier alpha value is -0.330. The van der Waals surface area contributed by atoms with Crippen LogP contribution in [-0.2, 0) is 4.74 Å². The maximum atomic E-state index is 6.08. The van der Waals surface area contributed by atoms with Crippen LogP contribution >= 0.6 is 22.6 Å². The molecule has 0 bridgehead atoms. The average Bonchev–Trinajstić information content (AvgIpc) is 2.41. The first kappa shape index (κ1) is 15.1. The van der Waals surface area contributed by atoms with E-state index in [1.54, 1.807) is 0 Å². The molecule has 0 saturated heterocycles. The van der Waals surface area contributed by atoms with Gasteiger partial charge in [-0.15, -0.1) is 0 Å². The van der Waals surface area contributed by atoms with Crippen LogP contribution in [0.4, 0.5) is 0 Å². The highest BCUT2D eigenvalue weighted by Crippen LogP contribution is 2.31. The molecule has 1 aliphatic rings. The van der Waals surface area contributed by atoms with Crippen molar-refractivity contribution in [1.29, 1.82) is 0 Å². The van der Waals surface area contributed by atoms with E-state index in [0.29, 0.717) is 6.04 Å². The third kappa shape index (κ3) is 3.83. The molecule has 3 unspecified atom stereocenters. The molecule has 0 heterocycles. The first-order valence-corrected chi connectivity index (χ1v) is 8.10. The summed E-state index contributed by atoms with van der Waals surface area (Å²) < 4.78 is 13.1. The lowest BCUT2D eigenvalue weighted by atomic mass is 9.85. The molecule has 4 heteroatoms.